The van der Waals surface area contributed by atoms with E-state index >= 15 is 0 Å². The van der Waals surface area contributed by atoms with E-state index in [1.54, 1.807) is 0 Å². The van der Waals surface area contributed by atoms with Crippen molar-refractivity contribution in [1.29, 1.82) is 0 Å². The second-order valence-electron chi connectivity index (χ2n) is 7.59. The molecule has 0 radical (unpaired) electrons. The normalized spacial score (nSPS) is 15.0. The highest BCUT2D eigenvalue weighted by Gasteiger charge is 2.19. The smallest absolute Gasteiger partial charge is 0.0408 e. The first kappa shape index (κ1) is 18.5. The largest absolute Gasteiger partial charge is 0.314 e. The third kappa shape index (κ3) is 8.48. The molecule has 0 aliphatic heterocycles. The Labute approximate surface area is 136 Å². The SMILES string of the molecule is CCCNC(Cc1cccc(Cl)c1)CC(C)CC(C)(C)C. The molecular formula is C19H32ClN. The van der Waals surface area contributed by atoms with Gasteiger partial charge in [-0.3, -0.25) is 0 Å². The topological polar surface area (TPSA) is 12.0 Å². The number of hydrogen-bond acceptors (Lipinski definition) is 1. The lowest BCUT2D eigenvalue weighted by Gasteiger charge is -2.27. The Bertz CT molecular complexity index is 408. The lowest BCUT2D eigenvalue weighted by atomic mass is 9.82. The van der Waals surface area contributed by atoms with E-state index in [1.807, 2.05) is 12.1 Å². The average molecular weight is 310 g/mol. The summed E-state index contributed by atoms with van der Waals surface area (Å²) in [5, 5.41) is 4.55. The summed E-state index contributed by atoms with van der Waals surface area (Å²) in [6, 6.07) is 8.81. The maximum absolute atomic E-state index is 6.11. The first-order valence-electron chi connectivity index (χ1n) is 8.28. The molecule has 1 nitrogen and oxygen atoms in total. The number of halogens is 1. The van der Waals surface area contributed by atoms with Crippen molar-refractivity contribution in [3.63, 3.8) is 0 Å². The van der Waals surface area contributed by atoms with Gasteiger partial charge < -0.3 is 5.32 Å². The molecule has 2 heteroatoms. The van der Waals surface area contributed by atoms with Gasteiger partial charge in [0.05, 0.1) is 0 Å². The Balaban J connectivity index is 2.62. The van der Waals surface area contributed by atoms with Crippen LogP contribution in [0.25, 0.3) is 0 Å². The summed E-state index contributed by atoms with van der Waals surface area (Å²) in [5.74, 6) is 0.735. The van der Waals surface area contributed by atoms with Gasteiger partial charge in [0, 0.05) is 11.1 Å². The zero-order valence-corrected chi connectivity index (χ0v) is 15.1. The summed E-state index contributed by atoms with van der Waals surface area (Å²) in [5.41, 5.74) is 1.74. The van der Waals surface area contributed by atoms with E-state index in [4.69, 9.17) is 11.6 Å². The third-order valence-electron chi connectivity index (χ3n) is 3.70. The Morgan fingerprint density at radius 3 is 2.52 bits per heavy atom. The van der Waals surface area contributed by atoms with Gasteiger partial charge in [-0.25, -0.2) is 0 Å². The number of nitrogens with one attached hydrogen (secondary N) is 1. The fraction of sp³-hybridized carbons (Fsp3) is 0.684. The van der Waals surface area contributed by atoms with Crippen LogP contribution in [0.15, 0.2) is 24.3 Å². The van der Waals surface area contributed by atoms with Gasteiger partial charge in [0.25, 0.3) is 0 Å². The van der Waals surface area contributed by atoms with Gasteiger partial charge in [-0.15, -0.1) is 0 Å². The van der Waals surface area contributed by atoms with E-state index < -0.39 is 0 Å². The van der Waals surface area contributed by atoms with Crippen molar-refractivity contribution in [2.45, 2.75) is 66.3 Å². The molecule has 0 heterocycles. The maximum atomic E-state index is 6.11. The summed E-state index contributed by atoms with van der Waals surface area (Å²) in [4.78, 5) is 0. The fourth-order valence-electron chi connectivity index (χ4n) is 3.15. The Hall–Kier alpha value is -0.530. The molecule has 0 saturated carbocycles. The Morgan fingerprint density at radius 2 is 1.95 bits per heavy atom. The first-order valence-corrected chi connectivity index (χ1v) is 8.66. The van der Waals surface area contributed by atoms with Gasteiger partial charge in [-0.1, -0.05) is 58.4 Å². The minimum atomic E-state index is 0.408. The molecule has 0 bridgehead atoms. The number of rotatable bonds is 8. The van der Waals surface area contributed by atoms with Crippen LogP contribution in [0.5, 0.6) is 0 Å². The van der Waals surface area contributed by atoms with Crippen molar-refractivity contribution >= 4 is 11.6 Å². The molecule has 0 aliphatic carbocycles. The molecule has 0 fully saturated rings. The van der Waals surface area contributed by atoms with E-state index in [9.17, 15) is 0 Å². The molecule has 0 amide bonds. The first-order chi connectivity index (χ1) is 9.80. The molecule has 0 aromatic heterocycles. The van der Waals surface area contributed by atoms with Gasteiger partial charge in [0.2, 0.25) is 0 Å². The average Bonchev–Trinajstić information content (AvgIpc) is 2.33. The molecule has 2 atom stereocenters. The second-order valence-corrected chi connectivity index (χ2v) is 8.03. The Kier molecular flexibility index (Phi) is 7.76. The van der Waals surface area contributed by atoms with Crippen molar-refractivity contribution in [3.05, 3.63) is 34.9 Å². The quantitative estimate of drug-likeness (QED) is 0.648. The molecule has 0 aliphatic rings. The zero-order valence-electron chi connectivity index (χ0n) is 14.4. The summed E-state index contributed by atoms with van der Waals surface area (Å²) in [7, 11) is 0. The lowest BCUT2D eigenvalue weighted by Crippen LogP contribution is -2.34. The van der Waals surface area contributed by atoms with Crippen LogP contribution in [0.1, 0.15) is 59.4 Å². The summed E-state index contributed by atoms with van der Waals surface area (Å²) in [6.07, 6.45) is 4.74. The van der Waals surface area contributed by atoms with E-state index in [-0.39, 0.29) is 0 Å². The standard InChI is InChI=1S/C19H32ClN/c1-6-10-21-18(11-15(2)14-19(3,4)5)13-16-8-7-9-17(20)12-16/h7-9,12,15,18,21H,6,10-11,13-14H2,1-5H3. The molecule has 1 rings (SSSR count). The maximum Gasteiger partial charge on any atom is 0.0408 e. The van der Waals surface area contributed by atoms with Gasteiger partial charge in [-0.2, -0.15) is 0 Å². The van der Waals surface area contributed by atoms with Crippen molar-refractivity contribution in [2.24, 2.45) is 11.3 Å². The molecule has 120 valence electrons. The minimum Gasteiger partial charge on any atom is -0.314 e. The van der Waals surface area contributed by atoms with Crippen molar-refractivity contribution in [1.82, 2.24) is 5.32 Å². The minimum absolute atomic E-state index is 0.408. The van der Waals surface area contributed by atoms with Crippen LogP contribution in [0.4, 0.5) is 0 Å². The third-order valence-corrected chi connectivity index (χ3v) is 3.94. The van der Waals surface area contributed by atoms with Crippen LogP contribution in [0, 0.1) is 11.3 Å². The monoisotopic (exact) mass is 309 g/mol. The molecule has 0 spiro atoms. The number of benzene rings is 1. The molecule has 1 N–H and O–H groups in total. The van der Waals surface area contributed by atoms with Crippen LogP contribution in [-0.4, -0.2) is 12.6 Å². The van der Waals surface area contributed by atoms with Crippen LogP contribution < -0.4 is 5.32 Å². The van der Waals surface area contributed by atoms with E-state index in [1.165, 1.54) is 24.8 Å². The highest BCUT2D eigenvalue weighted by molar-refractivity contribution is 6.30. The molecular weight excluding hydrogens is 278 g/mol. The van der Waals surface area contributed by atoms with Crippen LogP contribution in [-0.2, 0) is 6.42 Å². The van der Waals surface area contributed by atoms with E-state index in [0.717, 1.165) is 23.9 Å². The van der Waals surface area contributed by atoms with Crippen molar-refractivity contribution in [2.75, 3.05) is 6.54 Å². The summed E-state index contributed by atoms with van der Waals surface area (Å²) >= 11 is 6.11. The molecule has 1 aromatic rings. The Morgan fingerprint density at radius 1 is 1.24 bits per heavy atom. The van der Waals surface area contributed by atoms with Gasteiger partial charge >= 0.3 is 0 Å². The van der Waals surface area contributed by atoms with Gasteiger partial charge in [0.15, 0.2) is 0 Å². The van der Waals surface area contributed by atoms with E-state index in [2.05, 4.69) is 52.1 Å². The van der Waals surface area contributed by atoms with Gasteiger partial charge in [-0.05, 0) is 61.3 Å². The highest BCUT2D eigenvalue weighted by atomic mass is 35.5. The second kappa shape index (κ2) is 8.80. The van der Waals surface area contributed by atoms with Crippen LogP contribution in [0.2, 0.25) is 5.02 Å². The molecule has 0 saturated heterocycles. The van der Waals surface area contributed by atoms with Crippen LogP contribution in [0.3, 0.4) is 0 Å². The van der Waals surface area contributed by atoms with Crippen LogP contribution >= 0.6 is 11.6 Å². The molecule has 2 unspecified atom stereocenters. The molecule has 21 heavy (non-hydrogen) atoms. The zero-order chi connectivity index (χ0) is 15.9. The fourth-order valence-corrected chi connectivity index (χ4v) is 3.36. The predicted octanol–water partition coefficient (Wildman–Crippen LogP) is 5.71. The predicted molar refractivity (Wildman–Crippen MR) is 95.1 cm³/mol. The number of hydrogen-bond donors (Lipinski definition) is 1. The summed E-state index contributed by atoms with van der Waals surface area (Å²) in [6.45, 7) is 12.7. The molecule has 1 aromatic carbocycles. The van der Waals surface area contributed by atoms with E-state index in [0.29, 0.717) is 11.5 Å². The van der Waals surface area contributed by atoms with Crippen molar-refractivity contribution < 1.29 is 0 Å². The highest BCUT2D eigenvalue weighted by Crippen LogP contribution is 2.27. The summed E-state index contributed by atoms with van der Waals surface area (Å²) < 4.78 is 0. The lowest BCUT2D eigenvalue weighted by molar-refractivity contribution is 0.274. The van der Waals surface area contributed by atoms with Crippen molar-refractivity contribution in [3.8, 4) is 0 Å². The van der Waals surface area contributed by atoms with Gasteiger partial charge in [0.1, 0.15) is 0 Å².